The largest absolute Gasteiger partial charge is 0.530 e. The molecule has 5 atom stereocenters. The van der Waals surface area contributed by atoms with Gasteiger partial charge in [-0.2, -0.15) is 0 Å². The van der Waals surface area contributed by atoms with E-state index in [1.165, 1.54) is 17.7 Å². The Hall–Kier alpha value is -2.90. The van der Waals surface area contributed by atoms with Gasteiger partial charge < -0.3 is 15.0 Å². The molecule has 2 heterocycles. The van der Waals surface area contributed by atoms with Gasteiger partial charge >= 0.3 is 13.5 Å². The van der Waals surface area contributed by atoms with Crippen LogP contribution in [-0.2, 0) is 23.1 Å². The molecular weight excluding hydrogens is 551 g/mol. The average Bonchev–Trinajstić information content (AvgIpc) is 3.30. The molecule has 1 aliphatic heterocycles. The Morgan fingerprint density at radius 3 is 2.72 bits per heavy atom. The van der Waals surface area contributed by atoms with Crippen LogP contribution in [-0.4, -0.2) is 51.8 Å². The van der Waals surface area contributed by atoms with Crippen molar-refractivity contribution in [3.63, 3.8) is 0 Å². The van der Waals surface area contributed by atoms with Gasteiger partial charge in [0.25, 0.3) is 5.56 Å². The van der Waals surface area contributed by atoms with Crippen molar-refractivity contribution in [3.8, 4) is 5.75 Å². The predicted octanol–water partition coefficient (Wildman–Crippen LogP) is 3.27. The number of nitrogens with zero attached hydrogens (tertiary/aromatic N) is 4. The highest BCUT2D eigenvalue weighted by atomic mass is 32.2. The number of nitrogens with one attached hydrogen (secondary N) is 1. The second-order valence-corrected chi connectivity index (χ2v) is 11.7. The highest BCUT2D eigenvalue weighted by molar-refractivity contribution is 8.13. The number of phosphoric acid groups is 1. The zero-order valence-corrected chi connectivity index (χ0v) is 23.4. The molecule has 0 spiro atoms. The predicted molar refractivity (Wildman–Crippen MR) is 144 cm³/mol. The summed E-state index contributed by atoms with van der Waals surface area (Å²) in [4.78, 5) is 41.2. The molecule has 1 fully saturated rings. The van der Waals surface area contributed by atoms with E-state index in [4.69, 9.17) is 29.6 Å². The van der Waals surface area contributed by atoms with Crippen LogP contribution in [0.2, 0.25) is 0 Å². The van der Waals surface area contributed by atoms with Crippen LogP contribution in [0.5, 0.6) is 5.75 Å². The summed E-state index contributed by atoms with van der Waals surface area (Å²) in [6.07, 6.45) is -0.344. The van der Waals surface area contributed by atoms with Crippen LogP contribution in [0.25, 0.3) is 10.4 Å². The Morgan fingerprint density at radius 2 is 2.05 bits per heavy atom. The summed E-state index contributed by atoms with van der Waals surface area (Å²) < 4.78 is 37.2. The van der Waals surface area contributed by atoms with Crippen LogP contribution < -0.4 is 21.5 Å². The molecule has 39 heavy (non-hydrogen) atoms. The minimum absolute atomic E-state index is 0.0306. The van der Waals surface area contributed by atoms with Crippen LogP contribution >= 0.6 is 19.6 Å². The number of nitrogens with two attached hydrogens (primary N) is 1. The fraction of sp³-hybridized carbons (Fsp3) is 0.522. The highest BCUT2D eigenvalue weighted by Crippen LogP contribution is 2.50. The third-order valence-corrected chi connectivity index (χ3v) is 8.11. The van der Waals surface area contributed by atoms with Crippen LogP contribution in [0, 0.1) is 12.8 Å². The lowest BCUT2D eigenvalue weighted by molar-refractivity contribution is -0.112. The number of aromatic nitrogens is 2. The SMILES string of the molecule is Cc1cn([C@H]2CC(N=[N+]=[N-])[C@@H](COP(=O)(OCCSC(=O)[C@@H](N)C(C)C)Oc3ccccc3)O2)c(=O)[nH]c1=O. The summed E-state index contributed by atoms with van der Waals surface area (Å²) in [5.74, 6) is 0.346. The van der Waals surface area contributed by atoms with Crippen molar-refractivity contribution in [1.82, 2.24) is 9.55 Å². The molecule has 0 radical (unpaired) electrons. The molecule has 0 aliphatic carbocycles. The summed E-state index contributed by atoms with van der Waals surface area (Å²) in [5.41, 5.74) is 14.0. The smallest absolute Gasteiger partial charge is 0.404 e. The molecule has 0 saturated carbocycles. The van der Waals surface area contributed by atoms with Gasteiger partial charge in [-0.1, -0.05) is 48.9 Å². The normalized spacial score (nSPS) is 21.2. The van der Waals surface area contributed by atoms with E-state index in [-0.39, 0.29) is 47.7 Å². The number of rotatable bonds is 13. The Balaban J connectivity index is 1.71. The first-order valence-corrected chi connectivity index (χ1v) is 14.6. The maximum absolute atomic E-state index is 13.5. The first-order valence-electron chi connectivity index (χ1n) is 12.1. The number of aromatic amines is 1. The van der Waals surface area contributed by atoms with Gasteiger partial charge in [0.05, 0.1) is 31.4 Å². The fourth-order valence-corrected chi connectivity index (χ4v) is 5.71. The number of carbonyl (C=O) groups excluding carboxylic acids is 1. The van der Waals surface area contributed by atoms with Crippen molar-refractivity contribution in [2.24, 2.45) is 16.8 Å². The van der Waals surface area contributed by atoms with E-state index < -0.39 is 43.5 Å². The highest BCUT2D eigenvalue weighted by Gasteiger charge is 2.39. The Bertz CT molecular complexity index is 1350. The van der Waals surface area contributed by atoms with Gasteiger partial charge in [-0.3, -0.25) is 28.2 Å². The number of ether oxygens (including phenoxy) is 1. The number of hydrogen-bond donors (Lipinski definition) is 2. The van der Waals surface area contributed by atoms with Crippen molar-refractivity contribution < 1.29 is 27.7 Å². The van der Waals surface area contributed by atoms with Crippen molar-refractivity contribution in [2.75, 3.05) is 19.0 Å². The van der Waals surface area contributed by atoms with Crippen molar-refractivity contribution in [3.05, 3.63) is 73.4 Å². The first-order chi connectivity index (χ1) is 18.5. The monoisotopic (exact) mass is 582 g/mol. The summed E-state index contributed by atoms with van der Waals surface area (Å²) in [6, 6.07) is 6.81. The Kier molecular flexibility index (Phi) is 11.0. The van der Waals surface area contributed by atoms with E-state index in [1.54, 1.807) is 30.3 Å². The number of para-hydroxylation sites is 1. The Labute approximate surface area is 228 Å². The van der Waals surface area contributed by atoms with Crippen LogP contribution in [0.15, 0.2) is 51.2 Å². The van der Waals surface area contributed by atoms with E-state index in [0.717, 1.165) is 11.8 Å². The summed E-state index contributed by atoms with van der Waals surface area (Å²) >= 11 is 0.953. The van der Waals surface area contributed by atoms with Gasteiger partial charge in [-0.25, -0.2) is 9.36 Å². The minimum atomic E-state index is -4.24. The van der Waals surface area contributed by atoms with Crippen molar-refractivity contribution in [2.45, 2.75) is 51.6 Å². The third-order valence-electron chi connectivity index (χ3n) is 5.79. The molecule has 3 N–H and O–H groups in total. The lowest BCUT2D eigenvalue weighted by Gasteiger charge is -2.22. The molecule has 1 aromatic heterocycles. The van der Waals surface area contributed by atoms with Gasteiger partial charge in [0.15, 0.2) is 0 Å². The number of hydrogen-bond acceptors (Lipinski definition) is 11. The molecule has 212 valence electrons. The number of thioether (sulfide) groups is 1. The quantitative estimate of drug-likeness (QED) is 0.116. The zero-order chi connectivity index (χ0) is 28.6. The second-order valence-electron chi connectivity index (χ2n) is 9.03. The number of H-pyrrole nitrogens is 1. The lowest BCUT2D eigenvalue weighted by atomic mass is 10.1. The van der Waals surface area contributed by atoms with Gasteiger partial charge in [0.2, 0.25) is 5.12 Å². The molecule has 0 bridgehead atoms. The maximum Gasteiger partial charge on any atom is 0.530 e. The van der Waals surface area contributed by atoms with Crippen LogP contribution in [0.3, 0.4) is 0 Å². The van der Waals surface area contributed by atoms with Gasteiger partial charge in [-0.15, -0.1) is 0 Å². The van der Waals surface area contributed by atoms with E-state index in [2.05, 4.69) is 15.0 Å². The van der Waals surface area contributed by atoms with Crippen molar-refractivity contribution >= 4 is 24.7 Å². The van der Waals surface area contributed by atoms with E-state index in [9.17, 15) is 18.9 Å². The number of benzene rings is 1. The molecule has 3 rings (SSSR count). The van der Waals surface area contributed by atoms with E-state index in [1.807, 2.05) is 13.8 Å². The number of phosphoric ester groups is 1. The molecule has 2 aromatic rings. The number of azide groups is 1. The van der Waals surface area contributed by atoms with Crippen molar-refractivity contribution in [1.29, 1.82) is 0 Å². The molecule has 14 nitrogen and oxygen atoms in total. The molecule has 0 amide bonds. The summed E-state index contributed by atoms with van der Waals surface area (Å²) in [7, 11) is -4.24. The zero-order valence-electron chi connectivity index (χ0n) is 21.7. The molecule has 2 unspecified atom stereocenters. The Morgan fingerprint density at radius 1 is 1.33 bits per heavy atom. The standard InChI is InChI=1S/C23H31N6O8PS/c1-14(2)20(24)22(31)39-10-9-34-38(33,37-16-7-5-4-6-8-16)35-13-18-17(27-28-25)11-19(36-18)29-12-15(3)21(30)26-23(29)32/h4-8,12,14,17-20H,9-11,13,24H2,1-3H3,(H,26,30,32)/t17?,18-,19-,20+,38?/m1/s1. The topological polar surface area (TPSA) is 201 Å². The van der Waals surface area contributed by atoms with E-state index in [0.29, 0.717) is 0 Å². The molecule has 1 aliphatic rings. The minimum Gasteiger partial charge on any atom is -0.404 e. The third kappa shape index (κ3) is 8.54. The lowest BCUT2D eigenvalue weighted by Crippen LogP contribution is -2.33. The number of aryl methyl sites for hydroxylation is 1. The number of carbonyl (C=O) groups is 1. The van der Waals surface area contributed by atoms with Crippen LogP contribution in [0.1, 0.15) is 32.1 Å². The molecular formula is C23H31N6O8PS. The summed E-state index contributed by atoms with van der Waals surface area (Å²) in [5, 5.41) is 3.51. The summed E-state index contributed by atoms with van der Waals surface area (Å²) in [6.45, 7) is 4.69. The molecule has 1 saturated heterocycles. The van der Waals surface area contributed by atoms with E-state index >= 15 is 0 Å². The maximum atomic E-state index is 13.5. The van der Waals surface area contributed by atoms with Gasteiger partial charge in [-0.05, 0) is 30.5 Å². The van der Waals surface area contributed by atoms with Gasteiger partial charge in [0.1, 0.15) is 12.0 Å². The van der Waals surface area contributed by atoms with Gasteiger partial charge in [0, 0.05) is 28.8 Å². The molecule has 1 aromatic carbocycles. The first kappa shape index (κ1) is 30.6. The molecule has 16 heteroatoms. The average molecular weight is 583 g/mol. The second kappa shape index (κ2) is 13.9. The fourth-order valence-electron chi connectivity index (χ4n) is 3.55. The van der Waals surface area contributed by atoms with Crippen LogP contribution in [0.4, 0.5) is 0 Å².